The average molecular weight is 681 g/mol. The molecule has 0 aliphatic heterocycles. The Kier molecular flexibility index (Phi) is 4.94. The van der Waals surface area contributed by atoms with Gasteiger partial charge in [0, 0.05) is 48.0 Å². The van der Waals surface area contributed by atoms with E-state index >= 15 is 0 Å². The Bertz CT molecular complexity index is 3570. The van der Waals surface area contributed by atoms with Crippen molar-refractivity contribution in [1.29, 1.82) is 0 Å². The highest BCUT2D eigenvalue weighted by Crippen LogP contribution is 2.48. The van der Waals surface area contributed by atoms with Crippen molar-refractivity contribution in [2.45, 2.75) is 0 Å². The van der Waals surface area contributed by atoms with Crippen molar-refractivity contribution in [1.82, 2.24) is 18.9 Å². The number of hydrogen-bond acceptors (Lipinski definition) is 4. The van der Waals surface area contributed by atoms with Crippen LogP contribution in [0.2, 0.25) is 0 Å². The second kappa shape index (κ2) is 9.51. The van der Waals surface area contributed by atoms with Crippen LogP contribution >= 0.6 is 11.3 Å². The van der Waals surface area contributed by atoms with Crippen molar-refractivity contribution < 1.29 is 4.42 Å². The average Bonchev–Trinajstić information content (AvgIpc) is 3.93. The quantitative estimate of drug-likeness (QED) is 0.187. The predicted molar refractivity (Wildman–Crippen MR) is 216 cm³/mol. The van der Waals surface area contributed by atoms with Gasteiger partial charge in [-0.3, -0.25) is 4.57 Å². The van der Waals surface area contributed by atoms with Crippen LogP contribution in [0, 0.1) is 0 Å². The number of benzene rings is 7. The van der Waals surface area contributed by atoms with E-state index in [0.717, 1.165) is 60.0 Å². The molecule has 0 radical (unpaired) electrons. The van der Waals surface area contributed by atoms with Gasteiger partial charge in [-0.25, -0.2) is 9.97 Å². The first-order valence-corrected chi connectivity index (χ1v) is 18.3. The van der Waals surface area contributed by atoms with Crippen molar-refractivity contribution in [3.8, 4) is 28.3 Å². The summed E-state index contributed by atoms with van der Waals surface area (Å²) in [5.41, 5.74) is 11.8. The molecule has 0 spiro atoms. The first-order valence-electron chi connectivity index (χ1n) is 17.5. The Morgan fingerprint density at radius 2 is 1.13 bits per heavy atom. The molecule has 13 rings (SSSR count). The third-order valence-corrected chi connectivity index (χ3v) is 12.2. The van der Waals surface area contributed by atoms with Crippen LogP contribution in [0.3, 0.4) is 0 Å². The van der Waals surface area contributed by atoms with E-state index in [2.05, 4.69) is 155 Å². The number of nitrogens with zero attached hydrogens (tertiary/aromatic N) is 4. The molecule has 6 heterocycles. The van der Waals surface area contributed by atoms with Crippen LogP contribution in [0.4, 0.5) is 0 Å². The van der Waals surface area contributed by atoms with E-state index in [0.29, 0.717) is 5.95 Å². The van der Waals surface area contributed by atoms with Gasteiger partial charge in [0.2, 0.25) is 5.95 Å². The fourth-order valence-electron chi connectivity index (χ4n) is 8.95. The minimum Gasteiger partial charge on any atom is -0.456 e. The second-order valence-corrected chi connectivity index (χ2v) is 14.8. The van der Waals surface area contributed by atoms with Crippen molar-refractivity contribution in [3.63, 3.8) is 0 Å². The maximum Gasteiger partial charge on any atom is 0.236 e. The molecule has 0 atom stereocenters. The molecule has 13 aromatic rings. The number of para-hydroxylation sites is 1. The van der Waals surface area contributed by atoms with Crippen LogP contribution < -0.4 is 0 Å². The summed E-state index contributed by atoms with van der Waals surface area (Å²) < 4.78 is 12.5. The molecule has 52 heavy (non-hydrogen) atoms. The fraction of sp³-hybridized carbons (Fsp3) is 0. The van der Waals surface area contributed by atoms with Gasteiger partial charge in [-0.2, -0.15) is 0 Å². The third kappa shape index (κ3) is 3.29. The Balaban J connectivity index is 1.18. The molecule has 0 fully saturated rings. The van der Waals surface area contributed by atoms with Crippen molar-refractivity contribution in [2.75, 3.05) is 0 Å². The zero-order chi connectivity index (χ0) is 33.7. The minimum atomic E-state index is 0.661. The van der Waals surface area contributed by atoms with E-state index in [1.807, 2.05) is 0 Å². The molecule has 0 saturated carbocycles. The molecule has 5 nitrogen and oxygen atoms in total. The number of hydrogen-bond donors (Lipinski definition) is 0. The zero-order valence-electron chi connectivity index (χ0n) is 27.5. The van der Waals surface area contributed by atoms with Crippen LogP contribution in [0.1, 0.15) is 0 Å². The lowest BCUT2D eigenvalue weighted by Gasteiger charge is -2.11. The summed E-state index contributed by atoms with van der Waals surface area (Å²) in [5.74, 6) is 0.661. The Labute approximate surface area is 298 Å². The first kappa shape index (κ1) is 27.0. The van der Waals surface area contributed by atoms with Crippen LogP contribution in [0.5, 0.6) is 0 Å². The SMILES string of the molecule is c1ccc(-c2ccc(-c3nc(-n4c5ccc6oc7ccc8c9ccccc9n9c%10cccc4c%10c5c6c7c89)nc4sc5ccccc5c34)cc2)cc1. The van der Waals surface area contributed by atoms with E-state index < -0.39 is 0 Å². The van der Waals surface area contributed by atoms with Gasteiger partial charge >= 0.3 is 0 Å². The van der Waals surface area contributed by atoms with Gasteiger partial charge < -0.3 is 8.82 Å². The van der Waals surface area contributed by atoms with Crippen LogP contribution in [-0.2, 0) is 0 Å². The van der Waals surface area contributed by atoms with Gasteiger partial charge in [-0.05, 0) is 59.7 Å². The van der Waals surface area contributed by atoms with Gasteiger partial charge in [0.15, 0.2) is 0 Å². The summed E-state index contributed by atoms with van der Waals surface area (Å²) in [5, 5.41) is 9.40. The van der Waals surface area contributed by atoms with Gasteiger partial charge in [0.1, 0.15) is 16.0 Å². The maximum absolute atomic E-state index is 6.61. The van der Waals surface area contributed by atoms with E-state index in [1.165, 1.54) is 53.8 Å². The topological polar surface area (TPSA) is 48.3 Å². The molecule has 240 valence electrons. The van der Waals surface area contributed by atoms with Gasteiger partial charge in [0.05, 0.1) is 38.7 Å². The van der Waals surface area contributed by atoms with Gasteiger partial charge in [-0.15, -0.1) is 11.3 Å². The normalized spacial score (nSPS) is 12.6. The minimum absolute atomic E-state index is 0.661. The van der Waals surface area contributed by atoms with E-state index in [-0.39, 0.29) is 0 Å². The lowest BCUT2D eigenvalue weighted by atomic mass is 10.0. The molecule has 0 saturated heterocycles. The lowest BCUT2D eigenvalue weighted by Crippen LogP contribution is -2.02. The van der Waals surface area contributed by atoms with Crippen molar-refractivity contribution >= 4 is 103 Å². The van der Waals surface area contributed by atoms with Crippen LogP contribution in [-0.4, -0.2) is 18.9 Å². The molecule has 0 aliphatic carbocycles. The summed E-state index contributed by atoms with van der Waals surface area (Å²) in [7, 11) is 0. The molecule has 0 amide bonds. The van der Waals surface area contributed by atoms with Crippen LogP contribution in [0.25, 0.3) is 120 Å². The molecular weight excluding hydrogens is 657 g/mol. The number of fused-ring (bicyclic) bond motifs is 7. The van der Waals surface area contributed by atoms with Crippen LogP contribution in [0.15, 0.2) is 150 Å². The summed E-state index contributed by atoms with van der Waals surface area (Å²) in [6.45, 7) is 0. The van der Waals surface area contributed by atoms with Crippen molar-refractivity contribution in [3.05, 3.63) is 146 Å². The molecule has 6 heteroatoms. The van der Waals surface area contributed by atoms with Gasteiger partial charge in [0.25, 0.3) is 0 Å². The smallest absolute Gasteiger partial charge is 0.236 e. The molecule has 0 bridgehead atoms. The largest absolute Gasteiger partial charge is 0.456 e. The number of thiophene rings is 1. The second-order valence-electron chi connectivity index (χ2n) is 13.7. The molecule has 0 aliphatic rings. The Hall–Kier alpha value is -6.76. The number of rotatable bonds is 3. The maximum atomic E-state index is 6.61. The highest BCUT2D eigenvalue weighted by Gasteiger charge is 2.27. The highest BCUT2D eigenvalue weighted by molar-refractivity contribution is 7.25. The summed E-state index contributed by atoms with van der Waals surface area (Å²) in [6.07, 6.45) is 0. The van der Waals surface area contributed by atoms with E-state index in [1.54, 1.807) is 11.3 Å². The number of furan rings is 1. The summed E-state index contributed by atoms with van der Waals surface area (Å²) in [4.78, 5) is 11.9. The molecule has 0 N–H and O–H groups in total. The molecule has 7 aromatic carbocycles. The summed E-state index contributed by atoms with van der Waals surface area (Å²) in [6, 6.07) is 51.9. The zero-order valence-corrected chi connectivity index (χ0v) is 28.3. The number of aromatic nitrogens is 4. The highest BCUT2D eigenvalue weighted by atomic mass is 32.1. The lowest BCUT2D eigenvalue weighted by molar-refractivity contribution is 0.669. The Morgan fingerprint density at radius 3 is 2.04 bits per heavy atom. The van der Waals surface area contributed by atoms with E-state index in [4.69, 9.17) is 14.4 Å². The Morgan fingerprint density at radius 1 is 0.442 bits per heavy atom. The predicted octanol–water partition coefficient (Wildman–Crippen LogP) is 12.6. The molecular formula is C46H24N4OS. The van der Waals surface area contributed by atoms with Gasteiger partial charge in [-0.1, -0.05) is 97.1 Å². The van der Waals surface area contributed by atoms with Crippen molar-refractivity contribution in [2.24, 2.45) is 0 Å². The molecule has 6 aromatic heterocycles. The summed E-state index contributed by atoms with van der Waals surface area (Å²) >= 11 is 1.73. The third-order valence-electron chi connectivity index (χ3n) is 11.1. The monoisotopic (exact) mass is 680 g/mol. The van der Waals surface area contributed by atoms with E-state index in [9.17, 15) is 0 Å². The fourth-order valence-corrected chi connectivity index (χ4v) is 10.0. The first-order chi connectivity index (χ1) is 25.8. The standard InChI is InChI=1S/C46H24N4OS/c1-2-9-25(10-3-1)26-17-19-27(20-18-26)43-38-30-12-5-7-16-37(30)52-45(38)48-46(47-43)50-33-15-8-14-32-39(33)40-34(50)22-24-35-41(40)42-36(51-35)23-21-29-28-11-4-6-13-31(28)49(32)44(29)42/h1-24H. The molecule has 0 unspecified atom stereocenters.